The molecule has 2 fully saturated rings. The van der Waals surface area contributed by atoms with Crippen molar-refractivity contribution in [1.82, 2.24) is 19.6 Å². The molecule has 0 spiro atoms. The summed E-state index contributed by atoms with van der Waals surface area (Å²) < 4.78 is 20.0. The summed E-state index contributed by atoms with van der Waals surface area (Å²) in [6, 6.07) is 3.84. The molecule has 2 aliphatic heterocycles. The summed E-state index contributed by atoms with van der Waals surface area (Å²) in [6.07, 6.45) is 1.07. The van der Waals surface area contributed by atoms with Crippen molar-refractivity contribution in [2.24, 2.45) is 7.05 Å². The summed E-state index contributed by atoms with van der Waals surface area (Å²) in [4.78, 5) is 17.5. The Morgan fingerprint density at radius 1 is 1.22 bits per heavy atom. The van der Waals surface area contributed by atoms with Gasteiger partial charge in [-0.05, 0) is 56.9 Å². The number of hydrogen-bond donors (Lipinski definition) is 1. The molecule has 1 N–H and O–H groups in total. The molecule has 0 radical (unpaired) electrons. The first kappa shape index (κ1) is 27.7. The Morgan fingerprint density at radius 3 is 2.54 bits per heavy atom. The van der Waals surface area contributed by atoms with Crippen LogP contribution in [0, 0.1) is 20.8 Å². The van der Waals surface area contributed by atoms with Crippen LogP contribution in [0.2, 0.25) is 5.02 Å². The topological polar surface area (TPSA) is 89.3 Å². The van der Waals surface area contributed by atoms with E-state index in [1.165, 1.54) is 0 Å². The fourth-order valence-corrected chi connectivity index (χ4v) is 5.46. The first-order valence-corrected chi connectivity index (χ1v) is 13.3. The molecule has 1 amide bonds. The van der Waals surface area contributed by atoms with Crippen LogP contribution >= 0.6 is 11.6 Å². The maximum atomic E-state index is 13.4. The van der Waals surface area contributed by atoms with Crippen molar-refractivity contribution in [2.75, 3.05) is 46.5 Å². The van der Waals surface area contributed by atoms with Gasteiger partial charge in [0.2, 0.25) is 11.8 Å². The number of piperidine rings is 1. The minimum Gasteiger partial charge on any atom is -0.490 e. The van der Waals surface area contributed by atoms with Gasteiger partial charge in [0.25, 0.3) is 0 Å². The maximum absolute atomic E-state index is 13.4. The minimum atomic E-state index is -0.823. The van der Waals surface area contributed by atoms with E-state index < -0.39 is 5.60 Å². The second-order valence-electron chi connectivity index (χ2n) is 10.4. The second kappa shape index (κ2) is 11.6. The fourth-order valence-electron chi connectivity index (χ4n) is 5.35. The van der Waals surface area contributed by atoms with Crippen LogP contribution in [0.25, 0.3) is 0 Å². The van der Waals surface area contributed by atoms with Crippen molar-refractivity contribution < 1.29 is 24.1 Å². The Hall–Kier alpha value is -2.33. The van der Waals surface area contributed by atoms with E-state index in [-0.39, 0.29) is 25.0 Å². The highest BCUT2D eigenvalue weighted by Crippen LogP contribution is 2.31. The van der Waals surface area contributed by atoms with Gasteiger partial charge in [0.1, 0.15) is 18.0 Å². The lowest BCUT2D eigenvalue weighted by molar-refractivity contribution is -0.158. The van der Waals surface area contributed by atoms with Crippen molar-refractivity contribution in [3.05, 3.63) is 39.5 Å². The average Bonchev–Trinajstić information content (AvgIpc) is 3.13. The maximum Gasteiger partial charge on any atom is 0.225 e. The van der Waals surface area contributed by atoms with Crippen molar-refractivity contribution in [1.29, 1.82) is 0 Å². The number of ether oxygens (including phenoxy) is 3. The number of morpholine rings is 1. The smallest absolute Gasteiger partial charge is 0.225 e. The van der Waals surface area contributed by atoms with E-state index in [0.29, 0.717) is 51.4 Å². The standard InChI is InChI=1S/C27H39ClN4O5/c1-18-12-22(13-19(2)25(18)28)36-17-27(14-24(34)32-8-6-21(33)7-9-32)16-31(10-11-37-27)15-23-20(3)29-30(4)26(23)35-5/h12-13,21,33H,6-11,14-17H2,1-5H3. The van der Waals surface area contributed by atoms with Gasteiger partial charge >= 0.3 is 0 Å². The highest BCUT2D eigenvalue weighted by atomic mass is 35.5. The van der Waals surface area contributed by atoms with Crippen molar-refractivity contribution in [2.45, 2.75) is 58.3 Å². The van der Waals surface area contributed by atoms with Gasteiger partial charge in [-0.3, -0.25) is 9.69 Å². The van der Waals surface area contributed by atoms with Crippen LogP contribution in [0.15, 0.2) is 12.1 Å². The molecule has 1 aromatic carbocycles. The second-order valence-corrected chi connectivity index (χ2v) is 10.8. The zero-order chi connectivity index (χ0) is 26.7. The first-order chi connectivity index (χ1) is 17.6. The van der Waals surface area contributed by atoms with Gasteiger partial charge in [-0.15, -0.1) is 0 Å². The van der Waals surface area contributed by atoms with Gasteiger partial charge in [-0.2, -0.15) is 5.10 Å². The molecule has 2 saturated heterocycles. The largest absolute Gasteiger partial charge is 0.490 e. The number of aryl methyl sites for hydroxylation is 4. The molecule has 1 atom stereocenters. The average molecular weight is 535 g/mol. The Labute approximate surface area is 224 Å². The Kier molecular flexibility index (Phi) is 8.68. The number of carbonyl (C=O) groups excluding carboxylic acids is 1. The number of aromatic nitrogens is 2. The predicted octanol–water partition coefficient (Wildman–Crippen LogP) is 3.03. The Balaban J connectivity index is 1.55. The van der Waals surface area contributed by atoms with Crippen LogP contribution in [-0.2, 0) is 23.1 Å². The lowest BCUT2D eigenvalue weighted by Gasteiger charge is -2.43. The van der Waals surface area contributed by atoms with Crippen LogP contribution in [-0.4, -0.2) is 88.8 Å². The number of aliphatic hydroxyl groups is 1. The van der Waals surface area contributed by atoms with E-state index in [9.17, 15) is 9.90 Å². The van der Waals surface area contributed by atoms with E-state index in [0.717, 1.165) is 39.8 Å². The van der Waals surface area contributed by atoms with Crippen LogP contribution in [0.1, 0.15) is 41.6 Å². The van der Waals surface area contributed by atoms with E-state index in [4.69, 9.17) is 25.8 Å². The molecule has 10 heteroatoms. The lowest BCUT2D eigenvalue weighted by Crippen LogP contribution is -2.57. The molecule has 1 unspecified atom stereocenters. The quantitative estimate of drug-likeness (QED) is 0.557. The predicted molar refractivity (Wildman–Crippen MR) is 141 cm³/mol. The van der Waals surface area contributed by atoms with Gasteiger partial charge in [0.15, 0.2) is 0 Å². The Bertz CT molecular complexity index is 1090. The number of carbonyl (C=O) groups is 1. The molecule has 9 nitrogen and oxygen atoms in total. The van der Waals surface area contributed by atoms with Gasteiger partial charge in [0.05, 0.1) is 37.5 Å². The number of likely N-dealkylation sites (tertiary alicyclic amines) is 1. The minimum absolute atomic E-state index is 0.0240. The normalized spacial score (nSPS) is 21.3. The molecular weight excluding hydrogens is 496 g/mol. The molecule has 2 aromatic rings. The summed E-state index contributed by atoms with van der Waals surface area (Å²) >= 11 is 6.35. The molecule has 4 rings (SSSR count). The number of hydrogen-bond acceptors (Lipinski definition) is 7. The van der Waals surface area contributed by atoms with Crippen LogP contribution in [0.3, 0.4) is 0 Å². The Morgan fingerprint density at radius 2 is 1.89 bits per heavy atom. The van der Waals surface area contributed by atoms with Gasteiger partial charge in [-0.25, -0.2) is 4.68 Å². The van der Waals surface area contributed by atoms with Crippen LogP contribution in [0.4, 0.5) is 0 Å². The SMILES string of the molecule is COc1c(CN2CCOC(COc3cc(C)c(Cl)c(C)c3)(CC(=O)N3CCC(O)CC3)C2)c(C)nn1C. The summed E-state index contributed by atoms with van der Waals surface area (Å²) in [7, 11) is 3.53. The molecule has 1 aromatic heterocycles. The molecule has 3 heterocycles. The van der Waals surface area contributed by atoms with Crippen molar-refractivity contribution >= 4 is 17.5 Å². The molecule has 0 bridgehead atoms. The zero-order valence-electron chi connectivity index (χ0n) is 22.6. The lowest BCUT2D eigenvalue weighted by atomic mass is 9.95. The van der Waals surface area contributed by atoms with Crippen molar-refractivity contribution in [3.8, 4) is 11.6 Å². The highest BCUT2D eigenvalue weighted by molar-refractivity contribution is 6.32. The van der Waals surface area contributed by atoms with E-state index in [2.05, 4.69) is 10.00 Å². The number of halogens is 1. The third kappa shape index (κ3) is 6.39. The molecule has 0 aliphatic carbocycles. The number of amides is 1. The summed E-state index contributed by atoms with van der Waals surface area (Å²) in [5.41, 5.74) is 3.01. The molecular formula is C27H39ClN4O5. The van der Waals surface area contributed by atoms with E-state index in [1.807, 2.05) is 44.9 Å². The number of nitrogens with zero attached hydrogens (tertiary/aromatic N) is 4. The van der Waals surface area contributed by atoms with Crippen LogP contribution in [0.5, 0.6) is 11.6 Å². The third-order valence-electron chi connectivity index (χ3n) is 7.39. The molecule has 204 valence electrons. The van der Waals surface area contributed by atoms with Gasteiger partial charge < -0.3 is 24.2 Å². The van der Waals surface area contributed by atoms with E-state index in [1.54, 1.807) is 11.8 Å². The van der Waals surface area contributed by atoms with Gasteiger partial charge in [0, 0.05) is 44.8 Å². The summed E-state index contributed by atoms with van der Waals surface area (Å²) in [5.74, 6) is 1.47. The molecule has 2 aliphatic rings. The number of benzene rings is 1. The molecule has 37 heavy (non-hydrogen) atoms. The highest BCUT2D eigenvalue weighted by Gasteiger charge is 2.42. The zero-order valence-corrected chi connectivity index (χ0v) is 23.3. The molecule has 0 saturated carbocycles. The monoisotopic (exact) mass is 534 g/mol. The van der Waals surface area contributed by atoms with E-state index >= 15 is 0 Å². The first-order valence-electron chi connectivity index (χ1n) is 12.9. The number of aliphatic hydroxyl groups excluding tert-OH is 1. The summed E-state index contributed by atoms with van der Waals surface area (Å²) in [5, 5.41) is 15.1. The van der Waals surface area contributed by atoms with Gasteiger partial charge in [-0.1, -0.05) is 11.6 Å². The van der Waals surface area contributed by atoms with Crippen molar-refractivity contribution in [3.63, 3.8) is 0 Å². The third-order valence-corrected chi connectivity index (χ3v) is 7.99. The number of rotatable bonds is 8. The fraction of sp³-hybridized carbons (Fsp3) is 0.630. The van der Waals surface area contributed by atoms with Crippen LogP contribution < -0.4 is 9.47 Å². The summed E-state index contributed by atoms with van der Waals surface area (Å²) in [6.45, 7) is 9.60. The number of methoxy groups -OCH3 is 1.